The predicted octanol–water partition coefficient (Wildman–Crippen LogP) is 2.76. The highest BCUT2D eigenvalue weighted by atomic mass is 16.1. The fourth-order valence-electron chi connectivity index (χ4n) is 1.55. The SMILES string of the molecule is CC(=O)Nc1ccc(C=O)cc1C(C)(C)C. The van der Waals surface area contributed by atoms with Crippen molar-refractivity contribution in [3.05, 3.63) is 29.3 Å². The Balaban J connectivity index is 3.27. The van der Waals surface area contributed by atoms with Gasteiger partial charge in [-0.3, -0.25) is 9.59 Å². The quantitative estimate of drug-likeness (QED) is 0.777. The van der Waals surface area contributed by atoms with Crippen LogP contribution in [0.3, 0.4) is 0 Å². The summed E-state index contributed by atoms with van der Waals surface area (Å²) in [5, 5.41) is 2.78. The summed E-state index contributed by atoms with van der Waals surface area (Å²) in [5.74, 6) is -0.107. The molecule has 86 valence electrons. The maximum absolute atomic E-state index is 11.1. The summed E-state index contributed by atoms with van der Waals surface area (Å²) >= 11 is 0. The highest BCUT2D eigenvalue weighted by molar-refractivity contribution is 5.90. The van der Waals surface area contributed by atoms with Crippen molar-refractivity contribution >= 4 is 17.9 Å². The van der Waals surface area contributed by atoms with Crippen molar-refractivity contribution in [1.82, 2.24) is 0 Å². The summed E-state index contributed by atoms with van der Waals surface area (Å²) in [6, 6.07) is 5.29. The summed E-state index contributed by atoms with van der Waals surface area (Å²) in [6.07, 6.45) is 0.812. The molecule has 0 aromatic heterocycles. The number of hydrogen-bond donors (Lipinski definition) is 1. The fourth-order valence-corrected chi connectivity index (χ4v) is 1.55. The molecule has 1 rings (SSSR count). The van der Waals surface area contributed by atoms with Crippen LogP contribution in [0.4, 0.5) is 5.69 Å². The first-order valence-corrected chi connectivity index (χ1v) is 5.22. The number of anilines is 1. The standard InChI is InChI=1S/C13H17NO2/c1-9(16)14-12-6-5-10(8-15)7-11(12)13(2,3)4/h5-8H,1-4H3,(H,14,16). The van der Waals surface area contributed by atoms with Gasteiger partial charge in [0.25, 0.3) is 0 Å². The summed E-state index contributed by atoms with van der Waals surface area (Å²) in [7, 11) is 0. The smallest absolute Gasteiger partial charge is 0.221 e. The Bertz CT molecular complexity index is 416. The second-order valence-electron chi connectivity index (χ2n) is 4.85. The lowest BCUT2D eigenvalue weighted by molar-refractivity contribution is -0.114. The third kappa shape index (κ3) is 2.92. The van der Waals surface area contributed by atoms with E-state index < -0.39 is 0 Å². The van der Waals surface area contributed by atoms with E-state index in [1.807, 2.05) is 26.8 Å². The highest BCUT2D eigenvalue weighted by Gasteiger charge is 2.18. The van der Waals surface area contributed by atoms with E-state index in [9.17, 15) is 9.59 Å². The third-order valence-electron chi connectivity index (χ3n) is 2.30. The number of hydrogen-bond acceptors (Lipinski definition) is 2. The van der Waals surface area contributed by atoms with Gasteiger partial charge >= 0.3 is 0 Å². The van der Waals surface area contributed by atoms with E-state index in [4.69, 9.17) is 0 Å². The molecule has 0 fully saturated rings. The van der Waals surface area contributed by atoms with Gasteiger partial charge in [0, 0.05) is 18.2 Å². The van der Waals surface area contributed by atoms with Crippen molar-refractivity contribution in [3.63, 3.8) is 0 Å². The van der Waals surface area contributed by atoms with Crippen molar-refractivity contribution in [3.8, 4) is 0 Å². The van der Waals surface area contributed by atoms with Gasteiger partial charge in [-0.2, -0.15) is 0 Å². The Morgan fingerprint density at radius 2 is 1.94 bits per heavy atom. The minimum atomic E-state index is -0.114. The largest absolute Gasteiger partial charge is 0.326 e. The molecule has 0 saturated heterocycles. The number of benzene rings is 1. The molecule has 0 aliphatic heterocycles. The lowest BCUT2D eigenvalue weighted by Gasteiger charge is -2.23. The maximum atomic E-state index is 11.1. The molecule has 0 saturated carbocycles. The third-order valence-corrected chi connectivity index (χ3v) is 2.30. The van der Waals surface area contributed by atoms with E-state index in [0.29, 0.717) is 5.56 Å². The van der Waals surface area contributed by atoms with Gasteiger partial charge in [-0.25, -0.2) is 0 Å². The first kappa shape index (κ1) is 12.4. The number of nitrogens with one attached hydrogen (secondary N) is 1. The molecule has 1 aromatic carbocycles. The lowest BCUT2D eigenvalue weighted by atomic mass is 9.85. The van der Waals surface area contributed by atoms with Gasteiger partial charge in [-0.1, -0.05) is 20.8 Å². The first-order chi connectivity index (χ1) is 7.34. The van der Waals surface area contributed by atoms with E-state index >= 15 is 0 Å². The molecule has 0 aliphatic carbocycles. The van der Waals surface area contributed by atoms with Crippen LogP contribution in [0.5, 0.6) is 0 Å². The predicted molar refractivity (Wildman–Crippen MR) is 64.8 cm³/mol. The Hall–Kier alpha value is -1.64. The zero-order chi connectivity index (χ0) is 12.3. The lowest BCUT2D eigenvalue weighted by Crippen LogP contribution is -2.17. The molecule has 0 atom stereocenters. The van der Waals surface area contributed by atoms with Crippen LogP contribution in [-0.4, -0.2) is 12.2 Å². The van der Waals surface area contributed by atoms with E-state index in [0.717, 1.165) is 17.5 Å². The van der Waals surface area contributed by atoms with Gasteiger partial charge in [0.2, 0.25) is 5.91 Å². The monoisotopic (exact) mass is 219 g/mol. The Morgan fingerprint density at radius 3 is 2.38 bits per heavy atom. The maximum Gasteiger partial charge on any atom is 0.221 e. The van der Waals surface area contributed by atoms with Crippen LogP contribution >= 0.6 is 0 Å². The van der Waals surface area contributed by atoms with Gasteiger partial charge < -0.3 is 5.32 Å². The number of amides is 1. The van der Waals surface area contributed by atoms with Crippen molar-refractivity contribution in [2.75, 3.05) is 5.32 Å². The number of carbonyl (C=O) groups excluding carboxylic acids is 2. The van der Waals surface area contributed by atoms with E-state index in [-0.39, 0.29) is 11.3 Å². The van der Waals surface area contributed by atoms with Crippen molar-refractivity contribution in [2.24, 2.45) is 0 Å². The molecule has 3 nitrogen and oxygen atoms in total. The van der Waals surface area contributed by atoms with Gasteiger partial charge in [-0.15, -0.1) is 0 Å². The molecule has 1 N–H and O–H groups in total. The van der Waals surface area contributed by atoms with E-state index in [1.165, 1.54) is 6.92 Å². The normalized spacial score (nSPS) is 11.0. The average molecular weight is 219 g/mol. The molecular formula is C13H17NO2. The minimum Gasteiger partial charge on any atom is -0.326 e. The van der Waals surface area contributed by atoms with Crippen molar-refractivity contribution < 1.29 is 9.59 Å². The summed E-state index contributed by atoms with van der Waals surface area (Å²) in [5.41, 5.74) is 2.24. The Morgan fingerprint density at radius 1 is 1.31 bits per heavy atom. The molecule has 1 amide bonds. The average Bonchev–Trinajstić information content (AvgIpc) is 2.15. The van der Waals surface area contributed by atoms with Crippen LogP contribution in [0.1, 0.15) is 43.6 Å². The van der Waals surface area contributed by atoms with Crippen molar-refractivity contribution in [1.29, 1.82) is 0 Å². The Labute approximate surface area is 95.9 Å². The second kappa shape index (κ2) is 4.47. The topological polar surface area (TPSA) is 46.2 Å². The second-order valence-corrected chi connectivity index (χ2v) is 4.85. The van der Waals surface area contributed by atoms with Crippen LogP contribution < -0.4 is 5.32 Å². The molecule has 1 aromatic rings. The first-order valence-electron chi connectivity index (χ1n) is 5.22. The zero-order valence-corrected chi connectivity index (χ0v) is 10.1. The van der Waals surface area contributed by atoms with E-state index in [1.54, 1.807) is 12.1 Å². The van der Waals surface area contributed by atoms with E-state index in [2.05, 4.69) is 5.32 Å². The summed E-state index contributed by atoms with van der Waals surface area (Å²) in [4.78, 5) is 21.8. The molecule has 0 heterocycles. The minimum absolute atomic E-state index is 0.107. The number of carbonyl (C=O) groups is 2. The molecule has 16 heavy (non-hydrogen) atoms. The van der Waals surface area contributed by atoms with Crippen LogP contribution in [0, 0.1) is 0 Å². The van der Waals surface area contributed by atoms with Crippen LogP contribution in [0.15, 0.2) is 18.2 Å². The summed E-state index contributed by atoms with van der Waals surface area (Å²) < 4.78 is 0. The zero-order valence-electron chi connectivity index (χ0n) is 10.1. The van der Waals surface area contributed by atoms with Gasteiger partial charge in [-0.05, 0) is 29.2 Å². The number of aldehydes is 1. The summed E-state index contributed by atoms with van der Waals surface area (Å²) in [6.45, 7) is 7.60. The molecule has 0 spiro atoms. The van der Waals surface area contributed by atoms with Crippen molar-refractivity contribution in [2.45, 2.75) is 33.1 Å². The molecule has 0 aliphatic rings. The molecule has 0 bridgehead atoms. The van der Waals surface area contributed by atoms with Crippen LogP contribution in [-0.2, 0) is 10.2 Å². The highest BCUT2D eigenvalue weighted by Crippen LogP contribution is 2.30. The Kier molecular flexibility index (Phi) is 3.48. The molecule has 0 radical (unpaired) electrons. The van der Waals surface area contributed by atoms with Gasteiger partial charge in [0.15, 0.2) is 0 Å². The van der Waals surface area contributed by atoms with Gasteiger partial charge in [0.05, 0.1) is 0 Å². The fraction of sp³-hybridized carbons (Fsp3) is 0.385. The van der Waals surface area contributed by atoms with Gasteiger partial charge in [0.1, 0.15) is 6.29 Å². The van der Waals surface area contributed by atoms with Crippen LogP contribution in [0.25, 0.3) is 0 Å². The molecule has 0 unspecified atom stereocenters. The number of rotatable bonds is 2. The molecular weight excluding hydrogens is 202 g/mol. The molecule has 3 heteroatoms. The van der Waals surface area contributed by atoms with Crippen LogP contribution in [0.2, 0.25) is 0 Å².